The van der Waals surface area contributed by atoms with E-state index in [4.69, 9.17) is 13.9 Å². The highest BCUT2D eigenvalue weighted by atomic mass is 28.4. The van der Waals surface area contributed by atoms with E-state index in [0.29, 0.717) is 18.4 Å². The predicted molar refractivity (Wildman–Crippen MR) is 139 cm³/mol. The molecule has 0 aliphatic heterocycles. The molecule has 1 aromatic rings. The second-order valence-corrected chi connectivity index (χ2v) is 15.1. The fraction of sp³-hybridized carbons (Fsp3) is 0.448. The Morgan fingerprint density at radius 2 is 1.77 bits per heavy atom. The number of ether oxygens (including phenoxy) is 2. The number of benzene rings is 1. The van der Waals surface area contributed by atoms with E-state index in [1.54, 1.807) is 12.2 Å². The maximum Gasteiger partial charge on any atom is 0.309 e. The first-order chi connectivity index (χ1) is 16.5. The molecule has 184 valence electrons. The highest BCUT2D eigenvalue weighted by Crippen LogP contribution is 2.42. The molecule has 0 amide bonds. The first kappa shape index (κ1) is 26.7. The molecule has 0 aromatic heterocycles. The molecular weight excluding hydrogens is 456 g/mol. The Hall–Kier alpha value is -2.90. The van der Waals surface area contributed by atoms with Gasteiger partial charge in [0.15, 0.2) is 13.9 Å². The normalized spacial score (nSPS) is 21.7. The van der Waals surface area contributed by atoms with E-state index in [9.17, 15) is 9.59 Å². The van der Waals surface area contributed by atoms with Crippen molar-refractivity contribution in [3.63, 3.8) is 0 Å². The Morgan fingerprint density at radius 1 is 1.11 bits per heavy atom. The van der Waals surface area contributed by atoms with Gasteiger partial charge in [0.05, 0.1) is 20.1 Å². The third kappa shape index (κ3) is 6.41. The molecule has 0 radical (unpaired) electrons. The van der Waals surface area contributed by atoms with Crippen molar-refractivity contribution in [2.75, 3.05) is 7.11 Å². The van der Waals surface area contributed by atoms with Crippen molar-refractivity contribution >= 4 is 20.1 Å². The summed E-state index contributed by atoms with van der Waals surface area (Å²) in [5.74, 6) is 11.8. The van der Waals surface area contributed by atoms with Gasteiger partial charge in [-0.3, -0.25) is 9.59 Å². The summed E-state index contributed by atoms with van der Waals surface area (Å²) in [6.45, 7) is 11.0. The van der Waals surface area contributed by atoms with E-state index in [-0.39, 0.29) is 29.8 Å². The number of esters is 1. The summed E-state index contributed by atoms with van der Waals surface area (Å²) in [7, 11) is -0.915. The van der Waals surface area contributed by atoms with Gasteiger partial charge in [-0.25, -0.2) is 0 Å². The van der Waals surface area contributed by atoms with Crippen LogP contribution in [0.5, 0.6) is 0 Å². The molecule has 0 saturated heterocycles. The Labute approximate surface area is 210 Å². The molecular formula is C29H34O5Si. The van der Waals surface area contributed by atoms with E-state index in [0.717, 1.165) is 11.1 Å². The number of Topliss-reactive ketones (excluding diaryl/α,β-unsaturated/α-hetero) is 1. The van der Waals surface area contributed by atoms with E-state index in [1.807, 2.05) is 30.3 Å². The average Bonchev–Trinajstić information content (AvgIpc) is 2.79. The van der Waals surface area contributed by atoms with Gasteiger partial charge in [0, 0.05) is 5.57 Å². The molecule has 0 spiro atoms. The number of allylic oxidation sites excluding steroid dienone is 3. The lowest BCUT2D eigenvalue weighted by atomic mass is 9.81. The first-order valence-electron chi connectivity index (χ1n) is 11.9. The molecule has 5 nitrogen and oxygen atoms in total. The number of methoxy groups -OCH3 is 1. The van der Waals surface area contributed by atoms with Crippen molar-refractivity contribution in [3.8, 4) is 23.7 Å². The molecule has 0 heterocycles. The van der Waals surface area contributed by atoms with Crippen molar-refractivity contribution in [2.24, 2.45) is 0 Å². The van der Waals surface area contributed by atoms with E-state index in [2.05, 4.69) is 57.5 Å². The Kier molecular flexibility index (Phi) is 8.23. The molecule has 3 rings (SSSR count). The smallest absolute Gasteiger partial charge is 0.309 e. The summed E-state index contributed by atoms with van der Waals surface area (Å²) in [6.07, 6.45) is 5.97. The third-order valence-electron chi connectivity index (χ3n) is 6.76. The Balaban J connectivity index is 1.83. The molecule has 0 saturated carbocycles. The van der Waals surface area contributed by atoms with Gasteiger partial charge in [0.2, 0.25) is 5.78 Å². The van der Waals surface area contributed by atoms with Gasteiger partial charge in [-0.1, -0.05) is 74.8 Å². The Bertz CT molecular complexity index is 1150. The van der Waals surface area contributed by atoms with Crippen LogP contribution in [0.25, 0.3) is 0 Å². The summed E-state index contributed by atoms with van der Waals surface area (Å²) in [5.41, 5.74) is 1.10. The molecule has 2 unspecified atom stereocenters. The zero-order valence-corrected chi connectivity index (χ0v) is 22.5. The lowest BCUT2D eigenvalue weighted by Gasteiger charge is -2.44. The zero-order chi connectivity index (χ0) is 25.7. The number of hydrogen-bond acceptors (Lipinski definition) is 5. The van der Waals surface area contributed by atoms with Crippen molar-refractivity contribution in [2.45, 2.75) is 76.5 Å². The van der Waals surface area contributed by atoms with Crippen molar-refractivity contribution in [1.29, 1.82) is 0 Å². The van der Waals surface area contributed by atoms with Gasteiger partial charge < -0.3 is 13.9 Å². The standard InChI is InChI=1S/C29H34O5Si/c1-28(2,3)35(5,6)34-29-18-10-8-7-9-13-25(24(27(29)31)12-11-19-29)33-21-23-16-14-22(15-17-23)20-26(30)32-4/h7-8,12,14-17,25H,11,19-21H2,1-6H3. The lowest BCUT2D eigenvalue weighted by molar-refractivity contribution is -0.139. The fourth-order valence-electron chi connectivity index (χ4n) is 3.67. The highest BCUT2D eigenvalue weighted by Gasteiger charge is 2.50. The number of rotatable bonds is 7. The highest BCUT2D eigenvalue weighted by molar-refractivity contribution is 6.74. The molecule has 35 heavy (non-hydrogen) atoms. The summed E-state index contributed by atoms with van der Waals surface area (Å²) in [4.78, 5) is 25.4. The Morgan fingerprint density at radius 3 is 2.43 bits per heavy atom. The van der Waals surface area contributed by atoms with Crippen LogP contribution < -0.4 is 0 Å². The summed E-state index contributed by atoms with van der Waals surface area (Å²) >= 11 is 0. The van der Waals surface area contributed by atoms with Crippen LogP contribution >= 0.6 is 0 Å². The third-order valence-corrected chi connectivity index (χ3v) is 11.2. The largest absolute Gasteiger partial charge is 0.469 e. The van der Waals surface area contributed by atoms with Crippen LogP contribution in [0.3, 0.4) is 0 Å². The topological polar surface area (TPSA) is 61.8 Å². The van der Waals surface area contributed by atoms with Gasteiger partial charge >= 0.3 is 5.97 Å². The molecule has 2 bridgehead atoms. The molecule has 0 N–H and O–H groups in total. The predicted octanol–water partition coefficient (Wildman–Crippen LogP) is 4.91. The van der Waals surface area contributed by atoms with Crippen LogP contribution in [-0.2, 0) is 36.5 Å². The van der Waals surface area contributed by atoms with Gasteiger partial charge in [-0.05, 0) is 54.3 Å². The summed E-state index contributed by atoms with van der Waals surface area (Å²) < 4.78 is 17.6. The SMILES string of the molecule is COC(=O)Cc1ccc(COC2C#CC=CC#CC3(O[Si](C)(C)C(C)(C)C)CCC=C2C3=O)cc1. The monoisotopic (exact) mass is 490 g/mol. The second-order valence-electron chi connectivity index (χ2n) is 10.4. The van der Waals surface area contributed by atoms with Crippen LogP contribution in [0.15, 0.2) is 48.1 Å². The van der Waals surface area contributed by atoms with E-state index >= 15 is 0 Å². The minimum Gasteiger partial charge on any atom is -0.469 e. The molecule has 2 atom stereocenters. The van der Waals surface area contributed by atoms with Crippen molar-refractivity contribution in [3.05, 3.63) is 59.2 Å². The van der Waals surface area contributed by atoms with Crippen LogP contribution in [-0.4, -0.2) is 38.9 Å². The number of fused-ring (bicyclic) bond motifs is 2. The van der Waals surface area contributed by atoms with Crippen LogP contribution in [0, 0.1) is 23.7 Å². The van der Waals surface area contributed by atoms with Gasteiger partial charge in [0.1, 0.15) is 6.10 Å². The van der Waals surface area contributed by atoms with E-state index < -0.39 is 20.0 Å². The summed E-state index contributed by atoms with van der Waals surface area (Å²) in [6, 6.07) is 7.55. The lowest BCUT2D eigenvalue weighted by Crippen LogP contribution is -2.55. The maximum absolute atomic E-state index is 13.9. The molecule has 0 fully saturated rings. The number of carbonyl (C=O) groups excluding carboxylic acids is 2. The minimum atomic E-state index is -2.29. The molecule has 2 aliphatic carbocycles. The van der Waals surface area contributed by atoms with Gasteiger partial charge in [0.25, 0.3) is 0 Å². The molecule has 1 aromatic carbocycles. The minimum absolute atomic E-state index is 0.0636. The average molecular weight is 491 g/mol. The quantitative estimate of drug-likeness (QED) is 0.309. The second kappa shape index (κ2) is 10.8. The first-order valence-corrected chi connectivity index (χ1v) is 14.8. The molecule has 2 aliphatic rings. The van der Waals surface area contributed by atoms with Crippen molar-refractivity contribution in [1.82, 2.24) is 0 Å². The summed E-state index contributed by atoms with van der Waals surface area (Å²) in [5, 5.41) is -0.0636. The number of ketones is 1. The fourth-order valence-corrected chi connectivity index (χ4v) is 5.10. The maximum atomic E-state index is 13.9. The van der Waals surface area contributed by atoms with E-state index in [1.165, 1.54) is 7.11 Å². The number of hydrogen-bond donors (Lipinski definition) is 0. The molecule has 6 heteroatoms. The van der Waals surface area contributed by atoms with Gasteiger partial charge in [-0.2, -0.15) is 0 Å². The van der Waals surface area contributed by atoms with Crippen molar-refractivity contribution < 1.29 is 23.5 Å². The van der Waals surface area contributed by atoms with Crippen LogP contribution in [0.4, 0.5) is 0 Å². The van der Waals surface area contributed by atoms with Crippen LogP contribution in [0.2, 0.25) is 18.1 Å². The van der Waals surface area contributed by atoms with Crippen LogP contribution in [0.1, 0.15) is 44.7 Å². The zero-order valence-electron chi connectivity index (χ0n) is 21.5. The van der Waals surface area contributed by atoms with Gasteiger partial charge in [-0.15, -0.1) is 0 Å². The number of carbonyl (C=O) groups is 2.